The Morgan fingerprint density at radius 2 is 2.04 bits per heavy atom. The van der Waals surface area contributed by atoms with Gasteiger partial charge in [-0.3, -0.25) is 4.79 Å². The number of carbonyl (C=O) groups is 1. The zero-order valence-electron chi connectivity index (χ0n) is 12.1. The second-order valence-corrected chi connectivity index (χ2v) is 7.45. The van der Waals surface area contributed by atoms with E-state index in [4.69, 9.17) is 39.5 Å². The maximum Gasteiger partial charge on any atom is 0.261 e. The fourth-order valence-electron chi connectivity index (χ4n) is 2.68. The van der Waals surface area contributed by atoms with Crippen LogP contribution >= 0.6 is 46.1 Å². The van der Waals surface area contributed by atoms with Crippen LogP contribution in [-0.2, 0) is 4.79 Å². The van der Waals surface area contributed by atoms with Crippen molar-refractivity contribution in [2.24, 2.45) is 0 Å². The molecule has 7 heteroatoms. The molecule has 0 radical (unpaired) electrons. The first-order valence-corrected chi connectivity index (χ1v) is 9.18. The summed E-state index contributed by atoms with van der Waals surface area (Å²) in [5.41, 5.74) is 0. The Hall–Kier alpha value is -0.940. The van der Waals surface area contributed by atoms with Gasteiger partial charge >= 0.3 is 0 Å². The Morgan fingerprint density at radius 1 is 1.26 bits per heavy atom. The van der Waals surface area contributed by atoms with Gasteiger partial charge in [0.15, 0.2) is 6.61 Å². The van der Waals surface area contributed by atoms with Crippen molar-refractivity contribution in [1.82, 2.24) is 4.90 Å². The molecule has 1 fully saturated rings. The molecule has 2 heterocycles. The van der Waals surface area contributed by atoms with E-state index in [1.807, 2.05) is 16.3 Å². The van der Waals surface area contributed by atoms with Crippen molar-refractivity contribution < 1.29 is 9.53 Å². The smallest absolute Gasteiger partial charge is 0.261 e. The molecule has 0 aliphatic carbocycles. The summed E-state index contributed by atoms with van der Waals surface area (Å²) in [7, 11) is 0. The maximum absolute atomic E-state index is 12.5. The lowest BCUT2D eigenvalue weighted by Crippen LogP contribution is -2.34. The lowest BCUT2D eigenvalue weighted by atomic mass is 10.2. The predicted octanol–water partition coefficient (Wildman–Crippen LogP) is 5.45. The number of thiophene rings is 1. The first kappa shape index (κ1) is 16.9. The van der Waals surface area contributed by atoms with Gasteiger partial charge in [-0.1, -0.05) is 40.9 Å². The molecule has 1 aromatic carbocycles. The molecule has 1 aromatic heterocycles. The summed E-state index contributed by atoms with van der Waals surface area (Å²) in [5, 5.41) is 3.06. The van der Waals surface area contributed by atoms with Crippen LogP contribution in [0.15, 0.2) is 29.6 Å². The van der Waals surface area contributed by atoms with Crippen LogP contribution in [-0.4, -0.2) is 24.0 Å². The highest BCUT2D eigenvalue weighted by Crippen LogP contribution is 2.36. The van der Waals surface area contributed by atoms with E-state index in [0.717, 1.165) is 19.4 Å². The second-order valence-electron chi connectivity index (χ2n) is 5.25. The average molecular weight is 391 g/mol. The van der Waals surface area contributed by atoms with E-state index in [2.05, 4.69) is 6.07 Å². The van der Waals surface area contributed by atoms with E-state index in [0.29, 0.717) is 20.8 Å². The van der Waals surface area contributed by atoms with Crippen LogP contribution in [0.2, 0.25) is 15.1 Å². The zero-order valence-corrected chi connectivity index (χ0v) is 15.2. The van der Waals surface area contributed by atoms with Crippen molar-refractivity contribution in [3.05, 3.63) is 49.6 Å². The number of nitrogens with zero attached hydrogens (tertiary/aromatic N) is 1. The van der Waals surface area contributed by atoms with Gasteiger partial charge in [0.1, 0.15) is 5.75 Å². The highest BCUT2D eigenvalue weighted by molar-refractivity contribution is 7.10. The number of likely N-dealkylation sites (tertiary alicyclic amines) is 1. The minimum Gasteiger partial charge on any atom is -0.482 e. The summed E-state index contributed by atoms with van der Waals surface area (Å²) in [6.07, 6.45) is 1.99. The number of benzene rings is 1. The van der Waals surface area contributed by atoms with E-state index in [1.54, 1.807) is 11.3 Å². The van der Waals surface area contributed by atoms with Crippen molar-refractivity contribution in [3.8, 4) is 5.75 Å². The Kier molecular flexibility index (Phi) is 5.37. The summed E-state index contributed by atoms with van der Waals surface area (Å²) < 4.78 is 5.55. The van der Waals surface area contributed by atoms with Gasteiger partial charge in [-0.05, 0) is 30.4 Å². The largest absolute Gasteiger partial charge is 0.482 e. The van der Waals surface area contributed by atoms with Crippen LogP contribution in [0.1, 0.15) is 23.8 Å². The maximum atomic E-state index is 12.5. The fourth-order valence-corrected chi connectivity index (χ4v) is 4.14. The lowest BCUT2D eigenvalue weighted by Gasteiger charge is -2.24. The third-order valence-electron chi connectivity index (χ3n) is 3.77. The van der Waals surface area contributed by atoms with Crippen molar-refractivity contribution in [1.29, 1.82) is 0 Å². The SMILES string of the molecule is O=C(COc1cc(Cl)c(Cl)cc1Cl)N1CCCC1c1cccs1. The first-order chi connectivity index (χ1) is 11.1. The molecule has 23 heavy (non-hydrogen) atoms. The third-order valence-corrected chi connectivity index (χ3v) is 5.76. The summed E-state index contributed by atoms with van der Waals surface area (Å²) >= 11 is 19.6. The van der Waals surface area contributed by atoms with Gasteiger partial charge in [-0.2, -0.15) is 0 Å². The number of hydrogen-bond donors (Lipinski definition) is 0. The molecule has 2 aromatic rings. The minimum absolute atomic E-state index is 0.0527. The highest BCUT2D eigenvalue weighted by atomic mass is 35.5. The van der Waals surface area contributed by atoms with Crippen LogP contribution in [0, 0.1) is 0 Å². The second kappa shape index (κ2) is 7.31. The number of halogens is 3. The normalized spacial score (nSPS) is 17.5. The number of ether oxygens (including phenoxy) is 1. The molecule has 3 nitrogen and oxygen atoms in total. The molecule has 0 bridgehead atoms. The van der Waals surface area contributed by atoms with E-state index < -0.39 is 0 Å². The molecule has 1 aliphatic heterocycles. The van der Waals surface area contributed by atoms with Gasteiger partial charge < -0.3 is 9.64 Å². The van der Waals surface area contributed by atoms with Gasteiger partial charge in [-0.25, -0.2) is 0 Å². The molecule has 0 saturated carbocycles. The van der Waals surface area contributed by atoms with Crippen molar-refractivity contribution >= 4 is 52.0 Å². The number of hydrogen-bond acceptors (Lipinski definition) is 3. The van der Waals surface area contributed by atoms with Gasteiger partial charge in [0.2, 0.25) is 0 Å². The molecule has 1 atom stereocenters. The number of carbonyl (C=O) groups excluding carboxylic acids is 1. The molecule has 1 amide bonds. The molecular formula is C16H14Cl3NO2S. The third kappa shape index (κ3) is 3.77. The van der Waals surface area contributed by atoms with Crippen molar-refractivity contribution in [3.63, 3.8) is 0 Å². The van der Waals surface area contributed by atoms with Crippen LogP contribution < -0.4 is 4.74 Å². The summed E-state index contributed by atoms with van der Waals surface area (Å²) in [6, 6.07) is 7.26. The molecule has 122 valence electrons. The van der Waals surface area contributed by atoms with Gasteiger partial charge in [-0.15, -0.1) is 11.3 Å². The first-order valence-electron chi connectivity index (χ1n) is 7.16. The van der Waals surface area contributed by atoms with Crippen LogP contribution in [0.3, 0.4) is 0 Å². The van der Waals surface area contributed by atoms with E-state index in [-0.39, 0.29) is 18.6 Å². The standard InChI is InChI=1S/C16H14Cl3NO2S/c17-10-7-12(19)14(8-11(10)18)22-9-16(21)20-5-1-3-13(20)15-4-2-6-23-15/h2,4,6-8,13H,1,3,5,9H2. The van der Waals surface area contributed by atoms with Crippen LogP contribution in [0.4, 0.5) is 0 Å². The molecule has 0 spiro atoms. The number of amides is 1. The molecule has 3 rings (SSSR count). The molecule has 1 aliphatic rings. The van der Waals surface area contributed by atoms with Gasteiger partial charge in [0.25, 0.3) is 5.91 Å². The molecular weight excluding hydrogens is 377 g/mol. The lowest BCUT2D eigenvalue weighted by molar-refractivity contribution is -0.134. The topological polar surface area (TPSA) is 29.5 Å². The van der Waals surface area contributed by atoms with Crippen LogP contribution in [0.5, 0.6) is 5.75 Å². The molecule has 1 unspecified atom stereocenters. The Bertz CT molecular complexity index is 706. The Labute approximate surface area is 153 Å². The Morgan fingerprint density at radius 3 is 2.78 bits per heavy atom. The average Bonchev–Trinajstić information content (AvgIpc) is 3.19. The Balaban J connectivity index is 1.66. The van der Waals surface area contributed by atoms with Crippen molar-refractivity contribution in [2.45, 2.75) is 18.9 Å². The van der Waals surface area contributed by atoms with Crippen LogP contribution in [0.25, 0.3) is 0 Å². The minimum atomic E-state index is -0.0699. The predicted molar refractivity (Wildman–Crippen MR) is 95.0 cm³/mol. The van der Waals surface area contributed by atoms with E-state index >= 15 is 0 Å². The monoisotopic (exact) mass is 389 g/mol. The molecule has 0 N–H and O–H groups in total. The van der Waals surface area contributed by atoms with Gasteiger partial charge in [0.05, 0.1) is 21.1 Å². The molecule has 1 saturated heterocycles. The van der Waals surface area contributed by atoms with Crippen molar-refractivity contribution in [2.75, 3.05) is 13.2 Å². The fraction of sp³-hybridized carbons (Fsp3) is 0.312. The summed E-state index contributed by atoms with van der Waals surface area (Å²) in [5.74, 6) is 0.310. The summed E-state index contributed by atoms with van der Waals surface area (Å²) in [6.45, 7) is 0.680. The summed E-state index contributed by atoms with van der Waals surface area (Å²) in [4.78, 5) is 15.6. The van der Waals surface area contributed by atoms with E-state index in [1.165, 1.54) is 17.0 Å². The quantitative estimate of drug-likeness (QED) is 0.650. The van der Waals surface area contributed by atoms with Gasteiger partial charge in [0, 0.05) is 17.5 Å². The number of rotatable bonds is 4. The highest BCUT2D eigenvalue weighted by Gasteiger charge is 2.30. The van der Waals surface area contributed by atoms with E-state index in [9.17, 15) is 4.79 Å². The zero-order chi connectivity index (χ0) is 16.4.